The molecule has 0 bridgehead atoms. The first-order valence-corrected chi connectivity index (χ1v) is 11.2. The van der Waals surface area contributed by atoms with Crippen LogP contribution in [0.3, 0.4) is 0 Å². The number of aromatic nitrogens is 1. The Balaban J connectivity index is 1.35. The van der Waals surface area contributed by atoms with Gasteiger partial charge in [0, 0.05) is 18.8 Å². The van der Waals surface area contributed by atoms with Crippen molar-refractivity contribution >= 4 is 17.6 Å². The van der Waals surface area contributed by atoms with E-state index >= 15 is 0 Å². The van der Waals surface area contributed by atoms with E-state index in [1.54, 1.807) is 11.0 Å². The number of ether oxygens (including phenoxy) is 1. The minimum atomic E-state index is -0.631. The molecular weight excluding hydrogens is 406 g/mol. The average Bonchev–Trinajstić information content (AvgIpc) is 3.27. The van der Waals surface area contributed by atoms with Crippen LogP contribution in [0.2, 0.25) is 0 Å². The summed E-state index contributed by atoms with van der Waals surface area (Å²) in [7, 11) is 0. The molecule has 4 N–H and O–H groups in total. The van der Waals surface area contributed by atoms with Gasteiger partial charge in [0.25, 0.3) is 0 Å². The fourth-order valence-corrected chi connectivity index (χ4v) is 4.48. The van der Waals surface area contributed by atoms with Crippen LogP contribution in [0.1, 0.15) is 23.2 Å². The van der Waals surface area contributed by atoms with Gasteiger partial charge in [-0.05, 0) is 49.4 Å². The van der Waals surface area contributed by atoms with Gasteiger partial charge in [-0.25, -0.2) is 4.98 Å². The van der Waals surface area contributed by atoms with Crippen LogP contribution in [0.25, 0.3) is 0 Å². The first-order valence-electron chi connectivity index (χ1n) is 11.2. The lowest BCUT2D eigenvalue weighted by atomic mass is 9.96. The highest BCUT2D eigenvalue weighted by molar-refractivity contribution is 5.90. The lowest BCUT2D eigenvalue weighted by molar-refractivity contribution is -0.149. The summed E-state index contributed by atoms with van der Waals surface area (Å²) in [5, 5.41) is 6.30. The summed E-state index contributed by atoms with van der Waals surface area (Å²) < 4.78 is 5.53. The molecule has 8 heteroatoms. The van der Waals surface area contributed by atoms with Gasteiger partial charge < -0.3 is 26.0 Å². The Morgan fingerprint density at radius 3 is 2.84 bits per heavy atom. The van der Waals surface area contributed by atoms with Gasteiger partial charge in [0.1, 0.15) is 11.9 Å². The Labute approximate surface area is 188 Å². The molecule has 2 aliphatic heterocycles. The zero-order valence-electron chi connectivity index (χ0n) is 18.4. The van der Waals surface area contributed by atoms with E-state index in [2.05, 4.69) is 27.8 Å². The molecule has 32 heavy (non-hydrogen) atoms. The van der Waals surface area contributed by atoms with Crippen LogP contribution in [-0.4, -0.2) is 60.1 Å². The van der Waals surface area contributed by atoms with E-state index in [0.29, 0.717) is 31.4 Å². The second kappa shape index (κ2) is 10.1. The Hall–Kier alpha value is -2.97. The highest BCUT2D eigenvalue weighted by Crippen LogP contribution is 2.22. The topological polar surface area (TPSA) is 110 Å². The zero-order valence-corrected chi connectivity index (χ0v) is 18.4. The number of anilines is 1. The second-order valence-corrected chi connectivity index (χ2v) is 8.57. The maximum absolute atomic E-state index is 13.3. The van der Waals surface area contributed by atoms with Crippen LogP contribution in [0.5, 0.6) is 0 Å². The SMILES string of the molecule is Cc1nc(N)ccc1CNC(=O)C1COCCN1C(=O)[C@H]1C[C@H](Cc2ccccc2)CN1. The van der Waals surface area contributed by atoms with Gasteiger partial charge in [0.05, 0.1) is 19.3 Å². The first-order chi connectivity index (χ1) is 15.5. The van der Waals surface area contributed by atoms with E-state index in [1.165, 1.54) is 5.56 Å². The van der Waals surface area contributed by atoms with Gasteiger partial charge in [0.2, 0.25) is 11.8 Å². The Kier molecular flexibility index (Phi) is 7.02. The zero-order chi connectivity index (χ0) is 22.5. The van der Waals surface area contributed by atoms with Crippen LogP contribution in [0.4, 0.5) is 5.82 Å². The van der Waals surface area contributed by atoms with Gasteiger partial charge in [-0.3, -0.25) is 9.59 Å². The molecule has 2 saturated heterocycles. The number of morpholine rings is 1. The number of nitrogen functional groups attached to an aromatic ring is 1. The van der Waals surface area contributed by atoms with Crippen LogP contribution in [0.15, 0.2) is 42.5 Å². The molecule has 4 rings (SSSR count). The number of hydrogen-bond donors (Lipinski definition) is 3. The van der Waals surface area contributed by atoms with Crippen molar-refractivity contribution in [2.24, 2.45) is 5.92 Å². The molecule has 1 aromatic carbocycles. The van der Waals surface area contributed by atoms with Crippen LogP contribution in [-0.2, 0) is 27.3 Å². The van der Waals surface area contributed by atoms with Crippen molar-refractivity contribution < 1.29 is 14.3 Å². The van der Waals surface area contributed by atoms with E-state index in [-0.39, 0.29) is 24.5 Å². The number of carbonyl (C=O) groups is 2. The Morgan fingerprint density at radius 2 is 2.06 bits per heavy atom. The number of amides is 2. The lowest BCUT2D eigenvalue weighted by Crippen LogP contribution is -2.59. The molecule has 2 aromatic rings. The minimum absolute atomic E-state index is 0.0191. The van der Waals surface area contributed by atoms with Crippen molar-refractivity contribution in [3.05, 3.63) is 59.3 Å². The van der Waals surface area contributed by atoms with Crippen molar-refractivity contribution in [2.75, 3.05) is 32.0 Å². The minimum Gasteiger partial charge on any atom is -0.384 e. The molecule has 0 spiro atoms. The molecule has 3 heterocycles. The summed E-state index contributed by atoms with van der Waals surface area (Å²) >= 11 is 0. The van der Waals surface area contributed by atoms with Crippen molar-refractivity contribution in [2.45, 2.75) is 38.4 Å². The number of aryl methyl sites for hydroxylation is 1. The summed E-state index contributed by atoms with van der Waals surface area (Å²) in [4.78, 5) is 32.1. The first kappa shape index (κ1) is 22.2. The summed E-state index contributed by atoms with van der Waals surface area (Å²) in [6.45, 7) is 4.05. The molecule has 0 radical (unpaired) electrons. The van der Waals surface area contributed by atoms with E-state index in [0.717, 1.165) is 30.6 Å². The summed E-state index contributed by atoms with van der Waals surface area (Å²) in [5.74, 6) is 0.618. The maximum Gasteiger partial charge on any atom is 0.245 e. The number of nitrogens with two attached hydrogens (primary N) is 1. The molecule has 0 saturated carbocycles. The van der Waals surface area contributed by atoms with Crippen molar-refractivity contribution in [1.82, 2.24) is 20.5 Å². The largest absolute Gasteiger partial charge is 0.384 e. The number of rotatable bonds is 6. The summed E-state index contributed by atoms with van der Waals surface area (Å²) in [6, 6.07) is 13.0. The third-order valence-electron chi connectivity index (χ3n) is 6.27. The Bertz CT molecular complexity index is 952. The molecule has 1 aromatic heterocycles. The van der Waals surface area contributed by atoms with Crippen LogP contribution in [0, 0.1) is 12.8 Å². The fraction of sp³-hybridized carbons (Fsp3) is 0.458. The second-order valence-electron chi connectivity index (χ2n) is 8.57. The summed E-state index contributed by atoms with van der Waals surface area (Å²) in [5.41, 5.74) is 8.65. The maximum atomic E-state index is 13.3. The third kappa shape index (κ3) is 5.26. The number of hydrogen-bond acceptors (Lipinski definition) is 6. The predicted molar refractivity (Wildman–Crippen MR) is 122 cm³/mol. The lowest BCUT2D eigenvalue weighted by Gasteiger charge is -2.36. The molecule has 2 fully saturated rings. The van der Waals surface area contributed by atoms with Gasteiger partial charge in [0.15, 0.2) is 0 Å². The van der Waals surface area contributed by atoms with Gasteiger partial charge >= 0.3 is 0 Å². The average molecular weight is 438 g/mol. The molecule has 2 aliphatic rings. The van der Waals surface area contributed by atoms with Crippen molar-refractivity contribution in [3.63, 3.8) is 0 Å². The number of nitrogens with zero attached hydrogens (tertiary/aromatic N) is 2. The van der Waals surface area contributed by atoms with Gasteiger partial charge in [-0.1, -0.05) is 36.4 Å². The fourth-order valence-electron chi connectivity index (χ4n) is 4.48. The third-order valence-corrected chi connectivity index (χ3v) is 6.27. The van der Waals surface area contributed by atoms with Gasteiger partial charge in [-0.2, -0.15) is 0 Å². The van der Waals surface area contributed by atoms with Crippen LogP contribution >= 0.6 is 0 Å². The molecule has 8 nitrogen and oxygen atoms in total. The van der Waals surface area contributed by atoms with E-state index < -0.39 is 6.04 Å². The number of nitrogens with one attached hydrogen (secondary N) is 2. The Morgan fingerprint density at radius 1 is 1.25 bits per heavy atom. The highest BCUT2D eigenvalue weighted by atomic mass is 16.5. The highest BCUT2D eigenvalue weighted by Gasteiger charge is 2.38. The normalized spacial score (nSPS) is 23.2. The molecule has 1 unspecified atom stereocenters. The van der Waals surface area contributed by atoms with Crippen LogP contribution < -0.4 is 16.4 Å². The van der Waals surface area contributed by atoms with Crippen molar-refractivity contribution in [1.29, 1.82) is 0 Å². The predicted octanol–water partition coefficient (Wildman–Crippen LogP) is 1.04. The molecule has 2 amide bonds. The van der Waals surface area contributed by atoms with E-state index in [4.69, 9.17) is 10.5 Å². The summed E-state index contributed by atoms with van der Waals surface area (Å²) in [6.07, 6.45) is 1.72. The van der Waals surface area contributed by atoms with Gasteiger partial charge in [-0.15, -0.1) is 0 Å². The van der Waals surface area contributed by atoms with Crippen molar-refractivity contribution in [3.8, 4) is 0 Å². The molecule has 3 atom stereocenters. The molecular formula is C24H31N5O3. The quantitative estimate of drug-likeness (QED) is 0.623. The van der Waals surface area contributed by atoms with E-state index in [1.807, 2.05) is 31.2 Å². The smallest absolute Gasteiger partial charge is 0.245 e. The standard InChI is InChI=1S/C24H31N5O3/c1-16-19(7-8-22(25)28-16)14-27-23(30)21-15-32-10-9-29(21)24(31)20-12-18(13-26-20)11-17-5-3-2-4-6-17/h2-8,18,20-21,26H,9-15H2,1H3,(H2,25,28)(H,27,30)/t18-,20+,21?/m0/s1. The molecule has 0 aliphatic carbocycles. The monoisotopic (exact) mass is 437 g/mol. The number of carbonyl (C=O) groups excluding carboxylic acids is 2. The number of benzene rings is 1. The molecule has 170 valence electrons. The number of pyridine rings is 1. The van der Waals surface area contributed by atoms with E-state index in [9.17, 15) is 9.59 Å².